The molecule has 2 heterocycles. The molecule has 0 bridgehead atoms. The van der Waals surface area contributed by atoms with Crippen molar-refractivity contribution in [3.8, 4) is 0 Å². The number of anilines is 1. The average Bonchev–Trinajstić information content (AvgIpc) is 2.58. The van der Waals surface area contributed by atoms with Crippen molar-refractivity contribution < 1.29 is 13.2 Å². The van der Waals surface area contributed by atoms with Gasteiger partial charge in [0.25, 0.3) is 0 Å². The first-order valence-corrected chi connectivity index (χ1v) is 4.49. The molecule has 0 spiro atoms. The summed E-state index contributed by atoms with van der Waals surface area (Å²) < 4.78 is 38.5. The minimum atomic E-state index is -4.49. The number of nitrogens with one attached hydrogen (secondary N) is 1. The molecule has 1 aliphatic rings. The Balaban J connectivity index is 2.33. The standard InChI is InChI=1S/C7H10F3N5/c8-7(9,10)5(11)4-6-12-2-1-3-15(6)14-13-4/h5,12H,1-3,11H2. The van der Waals surface area contributed by atoms with Crippen LogP contribution in [0.3, 0.4) is 0 Å². The lowest BCUT2D eigenvalue weighted by atomic mass is 10.2. The first-order valence-electron chi connectivity index (χ1n) is 4.49. The van der Waals surface area contributed by atoms with Gasteiger partial charge >= 0.3 is 6.18 Å². The molecule has 0 amide bonds. The van der Waals surface area contributed by atoms with Crippen molar-refractivity contribution in [2.45, 2.75) is 25.2 Å². The Kier molecular flexibility index (Phi) is 2.29. The minimum Gasteiger partial charge on any atom is -0.369 e. The summed E-state index contributed by atoms with van der Waals surface area (Å²) in [5, 5.41) is 9.91. The van der Waals surface area contributed by atoms with E-state index in [1.54, 1.807) is 0 Å². The summed E-state index contributed by atoms with van der Waals surface area (Å²) in [6.07, 6.45) is -3.67. The highest BCUT2D eigenvalue weighted by atomic mass is 19.4. The van der Waals surface area contributed by atoms with Gasteiger partial charge in [0.15, 0.2) is 0 Å². The number of alkyl halides is 3. The van der Waals surface area contributed by atoms with E-state index in [4.69, 9.17) is 5.73 Å². The van der Waals surface area contributed by atoms with E-state index >= 15 is 0 Å². The summed E-state index contributed by atoms with van der Waals surface area (Å²) in [4.78, 5) is 0. The Morgan fingerprint density at radius 2 is 2.20 bits per heavy atom. The average molecular weight is 221 g/mol. The molecule has 0 saturated heterocycles. The fourth-order valence-electron chi connectivity index (χ4n) is 1.46. The molecule has 0 aromatic carbocycles. The fraction of sp³-hybridized carbons (Fsp3) is 0.714. The molecule has 0 saturated carbocycles. The number of fused-ring (bicyclic) bond motifs is 1. The van der Waals surface area contributed by atoms with Gasteiger partial charge in [0, 0.05) is 13.1 Å². The monoisotopic (exact) mass is 221 g/mol. The topological polar surface area (TPSA) is 68.8 Å². The lowest BCUT2D eigenvalue weighted by Gasteiger charge is -2.18. The summed E-state index contributed by atoms with van der Waals surface area (Å²) in [7, 11) is 0. The maximum atomic E-state index is 12.4. The number of hydrogen-bond acceptors (Lipinski definition) is 4. The van der Waals surface area contributed by atoms with E-state index in [1.165, 1.54) is 4.68 Å². The third kappa shape index (κ3) is 1.76. The SMILES string of the molecule is NC(c1nnn2c1NCCC2)C(F)(F)F. The van der Waals surface area contributed by atoms with Gasteiger partial charge < -0.3 is 11.1 Å². The first-order chi connectivity index (χ1) is 7.00. The third-order valence-corrected chi connectivity index (χ3v) is 2.25. The number of hydrogen-bond donors (Lipinski definition) is 2. The normalized spacial score (nSPS) is 18.1. The minimum absolute atomic E-state index is 0.234. The Morgan fingerprint density at radius 3 is 2.87 bits per heavy atom. The summed E-state index contributed by atoms with van der Waals surface area (Å²) in [6.45, 7) is 1.19. The van der Waals surface area contributed by atoms with Gasteiger partial charge in [-0.1, -0.05) is 5.21 Å². The lowest BCUT2D eigenvalue weighted by Crippen LogP contribution is -2.30. The smallest absolute Gasteiger partial charge is 0.369 e. The highest BCUT2D eigenvalue weighted by Crippen LogP contribution is 2.33. The highest BCUT2D eigenvalue weighted by molar-refractivity contribution is 5.43. The van der Waals surface area contributed by atoms with Crippen LogP contribution in [0.5, 0.6) is 0 Å². The van der Waals surface area contributed by atoms with Crippen LogP contribution in [-0.2, 0) is 6.54 Å². The van der Waals surface area contributed by atoms with Crippen LogP contribution in [0.15, 0.2) is 0 Å². The van der Waals surface area contributed by atoms with Crippen LogP contribution < -0.4 is 11.1 Å². The van der Waals surface area contributed by atoms with E-state index in [0.717, 1.165) is 6.42 Å². The largest absolute Gasteiger partial charge is 0.409 e. The quantitative estimate of drug-likeness (QED) is 0.730. The molecule has 1 atom stereocenters. The highest BCUT2D eigenvalue weighted by Gasteiger charge is 2.41. The van der Waals surface area contributed by atoms with Crippen molar-refractivity contribution in [2.75, 3.05) is 11.9 Å². The van der Waals surface area contributed by atoms with Crippen molar-refractivity contribution in [3.05, 3.63) is 5.69 Å². The van der Waals surface area contributed by atoms with Gasteiger partial charge in [-0.15, -0.1) is 5.10 Å². The second-order valence-electron chi connectivity index (χ2n) is 3.35. The van der Waals surface area contributed by atoms with Crippen molar-refractivity contribution in [3.63, 3.8) is 0 Å². The molecule has 0 fully saturated rings. The van der Waals surface area contributed by atoms with Crippen LogP contribution in [0.25, 0.3) is 0 Å². The fourth-order valence-corrected chi connectivity index (χ4v) is 1.46. The Labute approximate surface area is 83.4 Å². The Hall–Kier alpha value is -1.31. The predicted molar refractivity (Wildman–Crippen MR) is 46.1 cm³/mol. The summed E-state index contributed by atoms with van der Waals surface area (Å²) >= 11 is 0. The summed E-state index contributed by atoms with van der Waals surface area (Å²) in [6, 6.07) is -2.08. The van der Waals surface area contributed by atoms with E-state index in [-0.39, 0.29) is 11.5 Å². The zero-order chi connectivity index (χ0) is 11.1. The maximum Gasteiger partial charge on any atom is 0.409 e. The van der Waals surface area contributed by atoms with Crippen LogP contribution in [0.4, 0.5) is 19.0 Å². The predicted octanol–water partition coefficient (Wildman–Crippen LogP) is 0.656. The number of halogens is 3. The van der Waals surface area contributed by atoms with Gasteiger partial charge in [0.05, 0.1) is 0 Å². The lowest BCUT2D eigenvalue weighted by molar-refractivity contribution is -0.149. The van der Waals surface area contributed by atoms with Crippen LogP contribution in [0, 0.1) is 0 Å². The molecule has 5 nitrogen and oxygen atoms in total. The molecule has 15 heavy (non-hydrogen) atoms. The molecule has 0 aliphatic carbocycles. The molecular weight excluding hydrogens is 211 g/mol. The first kappa shape index (κ1) is 10.2. The molecular formula is C7H10F3N5. The van der Waals surface area contributed by atoms with Gasteiger partial charge in [-0.05, 0) is 6.42 Å². The van der Waals surface area contributed by atoms with Gasteiger partial charge in [-0.25, -0.2) is 4.68 Å². The summed E-state index contributed by atoms with van der Waals surface area (Å²) in [5.74, 6) is 0.283. The molecule has 1 unspecified atom stereocenters. The van der Waals surface area contributed by atoms with Crippen molar-refractivity contribution >= 4 is 5.82 Å². The second kappa shape index (κ2) is 3.37. The zero-order valence-electron chi connectivity index (χ0n) is 7.75. The van der Waals surface area contributed by atoms with E-state index in [1.807, 2.05) is 0 Å². The van der Waals surface area contributed by atoms with E-state index < -0.39 is 12.2 Å². The van der Waals surface area contributed by atoms with Crippen LogP contribution >= 0.6 is 0 Å². The van der Waals surface area contributed by atoms with Gasteiger partial charge in [0.1, 0.15) is 17.6 Å². The van der Waals surface area contributed by atoms with E-state index in [2.05, 4.69) is 15.6 Å². The van der Waals surface area contributed by atoms with Gasteiger partial charge in [0.2, 0.25) is 0 Å². The van der Waals surface area contributed by atoms with Crippen LogP contribution in [0.2, 0.25) is 0 Å². The molecule has 3 N–H and O–H groups in total. The molecule has 1 aromatic rings. The molecule has 1 aromatic heterocycles. The number of nitrogens with zero attached hydrogens (tertiary/aromatic N) is 3. The van der Waals surface area contributed by atoms with E-state index in [0.29, 0.717) is 13.1 Å². The van der Waals surface area contributed by atoms with Crippen molar-refractivity contribution in [1.29, 1.82) is 0 Å². The Morgan fingerprint density at radius 1 is 1.47 bits per heavy atom. The van der Waals surface area contributed by atoms with Gasteiger partial charge in [-0.3, -0.25) is 0 Å². The van der Waals surface area contributed by atoms with Crippen LogP contribution in [-0.4, -0.2) is 27.7 Å². The molecule has 2 rings (SSSR count). The third-order valence-electron chi connectivity index (χ3n) is 2.25. The molecule has 8 heteroatoms. The molecule has 84 valence electrons. The Bertz CT molecular complexity index is 358. The maximum absolute atomic E-state index is 12.4. The van der Waals surface area contributed by atoms with Gasteiger partial charge in [-0.2, -0.15) is 13.2 Å². The summed E-state index contributed by atoms with van der Waals surface area (Å²) in [5.41, 5.74) is 4.83. The second-order valence-corrected chi connectivity index (χ2v) is 3.35. The van der Waals surface area contributed by atoms with Crippen molar-refractivity contribution in [2.24, 2.45) is 5.73 Å². The van der Waals surface area contributed by atoms with Crippen LogP contribution in [0.1, 0.15) is 18.2 Å². The zero-order valence-corrected chi connectivity index (χ0v) is 7.75. The van der Waals surface area contributed by atoms with E-state index in [9.17, 15) is 13.2 Å². The molecule has 1 aliphatic heterocycles. The number of aryl methyl sites for hydroxylation is 1. The molecule has 0 radical (unpaired) electrons. The number of nitrogens with two attached hydrogens (primary N) is 1. The van der Waals surface area contributed by atoms with Crippen molar-refractivity contribution in [1.82, 2.24) is 15.0 Å². The number of rotatable bonds is 1. The number of aromatic nitrogens is 3.